The molecule has 0 bridgehead atoms. The van der Waals surface area contributed by atoms with Crippen LogP contribution in [-0.2, 0) is 9.53 Å². The molecule has 0 saturated carbocycles. The minimum Gasteiger partial charge on any atom is -0.383 e. The second-order valence-corrected chi connectivity index (χ2v) is 6.36. The Bertz CT molecular complexity index is 329. The molecule has 0 atom stereocenters. The van der Waals surface area contributed by atoms with Crippen molar-refractivity contribution >= 4 is 5.91 Å². The third-order valence-electron chi connectivity index (χ3n) is 5.18. The minimum absolute atomic E-state index is 0.104. The van der Waals surface area contributed by atoms with Gasteiger partial charge in [-0.25, -0.2) is 0 Å². The van der Waals surface area contributed by atoms with E-state index in [0.29, 0.717) is 5.91 Å². The summed E-state index contributed by atoms with van der Waals surface area (Å²) in [5.41, 5.74) is -0.104. The molecule has 0 aliphatic carbocycles. The highest BCUT2D eigenvalue weighted by atomic mass is 16.5. The van der Waals surface area contributed by atoms with Crippen LogP contribution in [0.25, 0.3) is 0 Å². The van der Waals surface area contributed by atoms with Crippen LogP contribution in [0, 0.1) is 5.41 Å². The molecule has 0 aromatic heterocycles. The molecule has 0 radical (unpaired) electrons. The van der Waals surface area contributed by atoms with Crippen molar-refractivity contribution in [2.24, 2.45) is 5.41 Å². The average molecular weight is 297 g/mol. The number of nitrogens with one attached hydrogen (secondary N) is 1. The Balaban J connectivity index is 1.92. The zero-order valence-corrected chi connectivity index (χ0v) is 13.7. The maximum absolute atomic E-state index is 13.0. The lowest BCUT2D eigenvalue weighted by Gasteiger charge is -2.39. The van der Waals surface area contributed by atoms with E-state index in [1.807, 2.05) is 0 Å². The van der Waals surface area contributed by atoms with Gasteiger partial charge in [-0.05, 0) is 45.3 Å². The highest BCUT2D eigenvalue weighted by Gasteiger charge is 2.40. The average Bonchev–Trinajstić information content (AvgIpc) is 2.78. The van der Waals surface area contributed by atoms with E-state index in [1.165, 1.54) is 0 Å². The molecule has 21 heavy (non-hydrogen) atoms. The van der Waals surface area contributed by atoms with Crippen molar-refractivity contribution in [2.45, 2.75) is 32.6 Å². The number of ether oxygens (including phenoxy) is 1. The van der Waals surface area contributed by atoms with E-state index in [1.54, 1.807) is 7.11 Å². The molecule has 2 aliphatic rings. The van der Waals surface area contributed by atoms with Crippen molar-refractivity contribution in [1.29, 1.82) is 0 Å². The fourth-order valence-electron chi connectivity index (χ4n) is 3.58. The highest BCUT2D eigenvalue weighted by Crippen LogP contribution is 2.34. The molecule has 5 nitrogen and oxygen atoms in total. The lowest BCUT2D eigenvalue weighted by atomic mass is 9.75. The topological polar surface area (TPSA) is 44.8 Å². The Morgan fingerprint density at radius 3 is 2.62 bits per heavy atom. The van der Waals surface area contributed by atoms with Gasteiger partial charge >= 0.3 is 0 Å². The molecular formula is C16H31N3O2. The number of hydrogen-bond acceptors (Lipinski definition) is 4. The van der Waals surface area contributed by atoms with Crippen LogP contribution in [0.5, 0.6) is 0 Å². The molecule has 0 unspecified atom stereocenters. The zero-order chi connectivity index (χ0) is 15.1. The smallest absolute Gasteiger partial charge is 0.228 e. The molecule has 0 aromatic rings. The van der Waals surface area contributed by atoms with Crippen molar-refractivity contribution in [3.63, 3.8) is 0 Å². The second-order valence-electron chi connectivity index (χ2n) is 6.36. The summed E-state index contributed by atoms with van der Waals surface area (Å²) in [6.45, 7) is 9.72. The van der Waals surface area contributed by atoms with Crippen molar-refractivity contribution in [1.82, 2.24) is 15.1 Å². The maximum Gasteiger partial charge on any atom is 0.228 e. The van der Waals surface area contributed by atoms with Crippen molar-refractivity contribution in [3.05, 3.63) is 0 Å². The van der Waals surface area contributed by atoms with Crippen LogP contribution in [0.1, 0.15) is 32.6 Å². The maximum atomic E-state index is 13.0. The van der Waals surface area contributed by atoms with E-state index in [0.717, 1.165) is 78.1 Å². The predicted molar refractivity (Wildman–Crippen MR) is 84.3 cm³/mol. The third-order valence-corrected chi connectivity index (χ3v) is 5.18. The minimum atomic E-state index is -0.104. The lowest BCUT2D eigenvalue weighted by molar-refractivity contribution is -0.144. The first-order valence-corrected chi connectivity index (χ1v) is 8.43. The van der Waals surface area contributed by atoms with Gasteiger partial charge in [0.2, 0.25) is 5.91 Å². The van der Waals surface area contributed by atoms with Gasteiger partial charge in [-0.1, -0.05) is 6.92 Å². The van der Waals surface area contributed by atoms with Gasteiger partial charge in [-0.15, -0.1) is 0 Å². The fourth-order valence-corrected chi connectivity index (χ4v) is 3.58. The third kappa shape index (κ3) is 4.18. The van der Waals surface area contributed by atoms with Crippen LogP contribution in [0.15, 0.2) is 0 Å². The second kappa shape index (κ2) is 8.11. The van der Waals surface area contributed by atoms with Crippen molar-refractivity contribution < 1.29 is 9.53 Å². The summed E-state index contributed by atoms with van der Waals surface area (Å²) in [6.07, 6.45) is 4.03. The first-order valence-electron chi connectivity index (χ1n) is 8.43. The zero-order valence-electron chi connectivity index (χ0n) is 13.7. The van der Waals surface area contributed by atoms with E-state index < -0.39 is 0 Å². The normalized spacial score (nSPS) is 23.8. The standard InChI is InChI=1S/C16H31N3O2/c1-3-16(5-7-17-8-6-16)15(20)19-10-4-9-18(11-12-19)13-14-21-2/h17H,3-14H2,1-2H3. The Labute approximate surface area is 129 Å². The van der Waals surface area contributed by atoms with Gasteiger partial charge in [0.1, 0.15) is 0 Å². The van der Waals surface area contributed by atoms with Gasteiger partial charge in [0.05, 0.1) is 12.0 Å². The molecular weight excluding hydrogens is 266 g/mol. The van der Waals surface area contributed by atoms with E-state index in [9.17, 15) is 4.79 Å². The molecule has 2 heterocycles. The van der Waals surface area contributed by atoms with Crippen LogP contribution in [-0.4, -0.2) is 75.2 Å². The molecule has 0 spiro atoms. The summed E-state index contributed by atoms with van der Waals surface area (Å²) in [6, 6.07) is 0. The van der Waals surface area contributed by atoms with E-state index in [2.05, 4.69) is 22.0 Å². The molecule has 1 amide bonds. The van der Waals surface area contributed by atoms with E-state index >= 15 is 0 Å². The number of rotatable bonds is 5. The summed E-state index contributed by atoms with van der Waals surface area (Å²) >= 11 is 0. The molecule has 2 saturated heterocycles. The summed E-state index contributed by atoms with van der Waals surface area (Å²) in [5.74, 6) is 0.403. The lowest BCUT2D eigenvalue weighted by Crippen LogP contribution is -2.50. The van der Waals surface area contributed by atoms with Crippen LogP contribution >= 0.6 is 0 Å². The Kier molecular flexibility index (Phi) is 6.45. The summed E-state index contributed by atoms with van der Waals surface area (Å²) in [5, 5.41) is 3.38. The quantitative estimate of drug-likeness (QED) is 0.820. The van der Waals surface area contributed by atoms with Crippen LogP contribution in [0.4, 0.5) is 0 Å². The molecule has 2 fully saturated rings. The molecule has 2 aliphatic heterocycles. The van der Waals surface area contributed by atoms with Gasteiger partial charge < -0.3 is 15.0 Å². The Morgan fingerprint density at radius 2 is 1.95 bits per heavy atom. The molecule has 5 heteroatoms. The van der Waals surface area contributed by atoms with Gasteiger partial charge in [-0.3, -0.25) is 9.69 Å². The van der Waals surface area contributed by atoms with Gasteiger partial charge in [-0.2, -0.15) is 0 Å². The summed E-state index contributed by atoms with van der Waals surface area (Å²) < 4.78 is 5.16. The number of carbonyl (C=O) groups excluding carboxylic acids is 1. The van der Waals surface area contributed by atoms with E-state index in [4.69, 9.17) is 4.74 Å². The van der Waals surface area contributed by atoms with Crippen molar-refractivity contribution in [2.75, 3.05) is 59.5 Å². The van der Waals surface area contributed by atoms with Crippen LogP contribution < -0.4 is 5.32 Å². The van der Waals surface area contributed by atoms with Gasteiger partial charge in [0.15, 0.2) is 0 Å². The first-order chi connectivity index (χ1) is 10.2. The fraction of sp³-hybridized carbons (Fsp3) is 0.938. The molecule has 122 valence electrons. The molecule has 2 rings (SSSR count). The monoisotopic (exact) mass is 297 g/mol. The van der Waals surface area contributed by atoms with Gasteiger partial charge in [0.25, 0.3) is 0 Å². The van der Waals surface area contributed by atoms with Crippen LogP contribution in [0.2, 0.25) is 0 Å². The number of piperidine rings is 1. The number of hydrogen-bond donors (Lipinski definition) is 1. The van der Waals surface area contributed by atoms with Crippen LogP contribution in [0.3, 0.4) is 0 Å². The number of amides is 1. The summed E-state index contributed by atoms with van der Waals surface area (Å²) in [7, 11) is 1.75. The first kappa shape index (κ1) is 16.7. The van der Waals surface area contributed by atoms with Gasteiger partial charge in [0, 0.05) is 33.3 Å². The number of carbonyl (C=O) groups is 1. The number of nitrogens with zero attached hydrogens (tertiary/aromatic N) is 2. The Hall–Kier alpha value is -0.650. The molecule has 1 N–H and O–H groups in total. The SMILES string of the molecule is CCC1(C(=O)N2CCCN(CCOC)CC2)CCNCC1. The number of methoxy groups -OCH3 is 1. The predicted octanol–water partition coefficient (Wildman–Crippen LogP) is 0.947. The van der Waals surface area contributed by atoms with E-state index in [-0.39, 0.29) is 5.41 Å². The highest BCUT2D eigenvalue weighted by molar-refractivity contribution is 5.83. The Morgan fingerprint density at radius 1 is 1.19 bits per heavy atom. The molecule has 0 aromatic carbocycles. The van der Waals surface area contributed by atoms with Crippen molar-refractivity contribution in [3.8, 4) is 0 Å². The largest absolute Gasteiger partial charge is 0.383 e. The summed E-state index contributed by atoms with van der Waals surface area (Å²) in [4.78, 5) is 17.6.